The van der Waals surface area contributed by atoms with Crippen molar-refractivity contribution in [1.29, 1.82) is 5.26 Å². The number of rotatable bonds is 5. The molecule has 102 valence electrons. The van der Waals surface area contributed by atoms with Gasteiger partial charge in [0.15, 0.2) is 0 Å². The normalized spacial score (nSPS) is 11.4. The summed E-state index contributed by atoms with van der Waals surface area (Å²) in [6.07, 6.45) is -0.621. The minimum Gasteiger partial charge on any atom is -0.497 e. The molecule has 1 unspecified atom stereocenters. The third-order valence-electron chi connectivity index (χ3n) is 3.01. The molecule has 4 heteroatoms. The number of ether oxygens (including phenoxy) is 1. The Balaban J connectivity index is 1.93. The zero-order valence-electron chi connectivity index (χ0n) is 11.2. The van der Waals surface area contributed by atoms with Crippen LogP contribution in [0.2, 0.25) is 0 Å². The fraction of sp³-hybridized carbons (Fsp3) is 0.188. The third-order valence-corrected chi connectivity index (χ3v) is 3.01. The molecule has 2 N–H and O–H groups in total. The van der Waals surface area contributed by atoms with Gasteiger partial charge in [0, 0.05) is 12.2 Å². The van der Waals surface area contributed by atoms with Crippen LogP contribution >= 0.6 is 0 Å². The number of nitrogens with zero attached hydrogens (tertiary/aromatic N) is 1. The lowest BCUT2D eigenvalue weighted by atomic mass is 10.1. The molecular weight excluding hydrogens is 252 g/mol. The van der Waals surface area contributed by atoms with Crippen LogP contribution in [0.15, 0.2) is 48.5 Å². The predicted octanol–water partition coefficient (Wildman–Crippen LogP) is 2.71. The number of benzene rings is 2. The molecular formula is C16H16N2O2. The van der Waals surface area contributed by atoms with Crippen LogP contribution in [0.4, 0.5) is 5.69 Å². The Labute approximate surface area is 118 Å². The Kier molecular flexibility index (Phi) is 4.59. The van der Waals surface area contributed by atoms with Crippen LogP contribution in [-0.2, 0) is 0 Å². The average molecular weight is 268 g/mol. The van der Waals surface area contributed by atoms with Gasteiger partial charge in [-0.3, -0.25) is 0 Å². The molecule has 0 bridgehead atoms. The second kappa shape index (κ2) is 6.60. The fourth-order valence-electron chi connectivity index (χ4n) is 1.82. The molecule has 0 heterocycles. The first kappa shape index (κ1) is 13.9. The topological polar surface area (TPSA) is 65.3 Å². The van der Waals surface area contributed by atoms with E-state index in [2.05, 4.69) is 11.4 Å². The van der Waals surface area contributed by atoms with Gasteiger partial charge >= 0.3 is 0 Å². The number of hydrogen-bond acceptors (Lipinski definition) is 4. The van der Waals surface area contributed by atoms with Crippen molar-refractivity contribution in [2.75, 3.05) is 19.0 Å². The highest BCUT2D eigenvalue weighted by atomic mass is 16.5. The zero-order chi connectivity index (χ0) is 14.4. The molecule has 0 aliphatic rings. The van der Waals surface area contributed by atoms with Gasteiger partial charge in [-0.2, -0.15) is 5.26 Å². The molecule has 4 nitrogen and oxygen atoms in total. The standard InChI is InChI=1S/C16H16N2O2/c1-20-15-8-6-14(7-9-15)18-11-16(19)13-4-2-12(10-17)3-5-13/h2-9,16,18-19H,11H2,1H3. The fourth-order valence-corrected chi connectivity index (χ4v) is 1.82. The molecule has 0 aliphatic carbocycles. The Morgan fingerprint density at radius 2 is 1.80 bits per heavy atom. The summed E-state index contributed by atoms with van der Waals surface area (Å²) in [5.41, 5.74) is 2.28. The summed E-state index contributed by atoms with van der Waals surface area (Å²) in [7, 11) is 1.62. The minimum absolute atomic E-state index is 0.401. The highest BCUT2D eigenvalue weighted by molar-refractivity contribution is 5.46. The molecule has 0 saturated carbocycles. The van der Waals surface area contributed by atoms with E-state index in [0.717, 1.165) is 17.0 Å². The number of nitriles is 1. The summed E-state index contributed by atoms with van der Waals surface area (Å²) in [6.45, 7) is 0.401. The summed E-state index contributed by atoms with van der Waals surface area (Å²) in [4.78, 5) is 0. The van der Waals surface area contributed by atoms with Crippen molar-refractivity contribution in [3.05, 3.63) is 59.7 Å². The van der Waals surface area contributed by atoms with E-state index in [1.165, 1.54) is 0 Å². The molecule has 2 aromatic carbocycles. The van der Waals surface area contributed by atoms with E-state index < -0.39 is 6.10 Å². The Bertz CT molecular complexity index is 585. The van der Waals surface area contributed by atoms with Gasteiger partial charge in [-0.1, -0.05) is 12.1 Å². The second-order valence-electron chi connectivity index (χ2n) is 4.36. The van der Waals surface area contributed by atoms with Crippen LogP contribution in [0.5, 0.6) is 5.75 Å². The molecule has 0 fully saturated rings. The lowest BCUT2D eigenvalue weighted by Crippen LogP contribution is -2.12. The van der Waals surface area contributed by atoms with Gasteiger partial charge in [0.2, 0.25) is 0 Å². The summed E-state index contributed by atoms with van der Waals surface area (Å²) in [5, 5.41) is 22.0. The SMILES string of the molecule is COc1ccc(NCC(O)c2ccc(C#N)cc2)cc1. The maximum Gasteiger partial charge on any atom is 0.119 e. The van der Waals surface area contributed by atoms with Gasteiger partial charge in [0.25, 0.3) is 0 Å². The van der Waals surface area contributed by atoms with Crippen molar-refractivity contribution >= 4 is 5.69 Å². The van der Waals surface area contributed by atoms with E-state index in [9.17, 15) is 5.11 Å². The summed E-state index contributed by atoms with van der Waals surface area (Å²) >= 11 is 0. The Morgan fingerprint density at radius 1 is 1.15 bits per heavy atom. The van der Waals surface area contributed by atoms with Gasteiger partial charge in [-0.15, -0.1) is 0 Å². The van der Waals surface area contributed by atoms with Gasteiger partial charge in [-0.05, 0) is 42.0 Å². The van der Waals surface area contributed by atoms with Crippen LogP contribution < -0.4 is 10.1 Å². The lowest BCUT2D eigenvalue weighted by Gasteiger charge is -2.13. The van der Waals surface area contributed by atoms with E-state index in [4.69, 9.17) is 10.00 Å². The molecule has 2 rings (SSSR count). The minimum atomic E-state index is -0.621. The molecule has 0 radical (unpaired) electrons. The summed E-state index contributed by atoms with van der Waals surface area (Å²) in [6, 6.07) is 16.5. The van der Waals surface area contributed by atoms with E-state index in [0.29, 0.717) is 12.1 Å². The first-order valence-electron chi connectivity index (χ1n) is 6.29. The van der Waals surface area contributed by atoms with E-state index >= 15 is 0 Å². The predicted molar refractivity (Wildman–Crippen MR) is 77.6 cm³/mol. The molecule has 0 amide bonds. The summed E-state index contributed by atoms with van der Waals surface area (Å²) < 4.78 is 5.08. The third kappa shape index (κ3) is 3.50. The van der Waals surface area contributed by atoms with E-state index in [1.54, 1.807) is 31.4 Å². The van der Waals surface area contributed by atoms with Crippen molar-refractivity contribution in [1.82, 2.24) is 0 Å². The number of methoxy groups -OCH3 is 1. The second-order valence-corrected chi connectivity index (χ2v) is 4.36. The molecule has 1 atom stereocenters. The van der Waals surface area contributed by atoms with E-state index in [-0.39, 0.29) is 0 Å². The maximum absolute atomic E-state index is 10.1. The molecule has 0 spiro atoms. The maximum atomic E-state index is 10.1. The number of aliphatic hydroxyl groups is 1. The van der Waals surface area contributed by atoms with Crippen molar-refractivity contribution in [3.8, 4) is 11.8 Å². The van der Waals surface area contributed by atoms with Crippen molar-refractivity contribution < 1.29 is 9.84 Å². The first-order valence-corrected chi connectivity index (χ1v) is 6.29. The van der Waals surface area contributed by atoms with Gasteiger partial charge < -0.3 is 15.2 Å². The summed E-state index contributed by atoms with van der Waals surface area (Å²) in [5.74, 6) is 0.795. The highest BCUT2D eigenvalue weighted by Gasteiger charge is 2.07. The zero-order valence-corrected chi connectivity index (χ0v) is 11.2. The molecule has 2 aromatic rings. The van der Waals surface area contributed by atoms with Crippen LogP contribution in [0.1, 0.15) is 17.2 Å². The largest absolute Gasteiger partial charge is 0.497 e. The molecule has 0 saturated heterocycles. The molecule has 0 aliphatic heterocycles. The van der Waals surface area contributed by atoms with Crippen LogP contribution in [0.25, 0.3) is 0 Å². The number of aliphatic hydroxyl groups excluding tert-OH is 1. The monoisotopic (exact) mass is 268 g/mol. The Morgan fingerprint density at radius 3 is 2.35 bits per heavy atom. The first-order chi connectivity index (χ1) is 9.72. The number of anilines is 1. The van der Waals surface area contributed by atoms with Crippen LogP contribution in [0.3, 0.4) is 0 Å². The average Bonchev–Trinajstić information content (AvgIpc) is 2.53. The van der Waals surface area contributed by atoms with Gasteiger partial charge in [0.1, 0.15) is 5.75 Å². The molecule has 0 aromatic heterocycles. The van der Waals surface area contributed by atoms with Crippen LogP contribution in [-0.4, -0.2) is 18.8 Å². The van der Waals surface area contributed by atoms with Gasteiger partial charge in [0.05, 0.1) is 24.8 Å². The number of nitrogens with one attached hydrogen (secondary N) is 1. The van der Waals surface area contributed by atoms with Crippen molar-refractivity contribution in [3.63, 3.8) is 0 Å². The van der Waals surface area contributed by atoms with E-state index in [1.807, 2.05) is 24.3 Å². The van der Waals surface area contributed by atoms with Crippen LogP contribution in [0, 0.1) is 11.3 Å². The van der Waals surface area contributed by atoms with Gasteiger partial charge in [-0.25, -0.2) is 0 Å². The quantitative estimate of drug-likeness (QED) is 0.875. The highest BCUT2D eigenvalue weighted by Crippen LogP contribution is 2.18. The van der Waals surface area contributed by atoms with Crippen molar-refractivity contribution in [2.24, 2.45) is 0 Å². The number of hydrogen-bond donors (Lipinski definition) is 2. The Hall–Kier alpha value is -2.51. The smallest absolute Gasteiger partial charge is 0.119 e. The molecule has 20 heavy (non-hydrogen) atoms. The lowest BCUT2D eigenvalue weighted by molar-refractivity contribution is 0.191. The van der Waals surface area contributed by atoms with Crippen molar-refractivity contribution in [2.45, 2.75) is 6.10 Å².